The Morgan fingerprint density at radius 1 is 1.17 bits per heavy atom. The van der Waals surface area contributed by atoms with Crippen molar-refractivity contribution in [2.75, 3.05) is 5.32 Å². The fraction of sp³-hybridized carbons (Fsp3) is 0.450. The van der Waals surface area contributed by atoms with Gasteiger partial charge in [-0.25, -0.2) is 0 Å². The molecule has 0 atom stereocenters. The predicted octanol–water partition coefficient (Wildman–Crippen LogP) is 5.00. The normalized spacial score (nSPS) is 15.4. The van der Waals surface area contributed by atoms with Crippen molar-refractivity contribution < 1.29 is 13.9 Å². The number of nitrogens with one attached hydrogen (secondary N) is 1. The van der Waals surface area contributed by atoms with Gasteiger partial charge in [0.15, 0.2) is 5.76 Å². The third-order valence-electron chi connectivity index (χ3n) is 4.53. The molecule has 1 amide bonds. The third kappa shape index (κ3) is 4.26. The van der Waals surface area contributed by atoms with Crippen LogP contribution in [0.3, 0.4) is 0 Å². The minimum atomic E-state index is -0.231. The molecule has 24 heavy (non-hydrogen) atoms. The highest BCUT2D eigenvalue weighted by molar-refractivity contribution is 6.02. The maximum atomic E-state index is 12.3. The van der Waals surface area contributed by atoms with Crippen molar-refractivity contribution in [2.24, 2.45) is 0 Å². The summed E-state index contributed by atoms with van der Waals surface area (Å²) in [6.45, 7) is 4.44. The van der Waals surface area contributed by atoms with E-state index in [-0.39, 0.29) is 5.91 Å². The minimum Gasteiger partial charge on any atom is -0.453 e. The molecule has 128 valence electrons. The number of amides is 1. The molecule has 2 aromatic rings. The molecule has 4 heteroatoms. The van der Waals surface area contributed by atoms with E-state index in [4.69, 9.17) is 9.15 Å². The van der Waals surface area contributed by atoms with Crippen molar-refractivity contribution in [1.82, 2.24) is 0 Å². The van der Waals surface area contributed by atoms with Crippen LogP contribution >= 0.6 is 0 Å². The molecular weight excluding hydrogens is 302 g/mol. The van der Waals surface area contributed by atoms with E-state index in [0.717, 1.165) is 24.1 Å². The Hall–Kier alpha value is -2.07. The molecule has 1 fully saturated rings. The molecule has 4 nitrogen and oxygen atoms in total. The van der Waals surface area contributed by atoms with E-state index >= 15 is 0 Å². The van der Waals surface area contributed by atoms with Crippen molar-refractivity contribution in [2.45, 2.75) is 58.7 Å². The zero-order valence-electron chi connectivity index (χ0n) is 14.4. The molecule has 1 saturated carbocycles. The maximum Gasteiger partial charge on any atom is 0.291 e. The number of hydrogen-bond acceptors (Lipinski definition) is 3. The zero-order valence-corrected chi connectivity index (χ0v) is 14.4. The topological polar surface area (TPSA) is 51.5 Å². The summed E-state index contributed by atoms with van der Waals surface area (Å²) in [7, 11) is 0. The maximum absolute atomic E-state index is 12.3. The van der Waals surface area contributed by atoms with Crippen LogP contribution in [0.1, 0.15) is 59.5 Å². The summed E-state index contributed by atoms with van der Waals surface area (Å²) in [4.78, 5) is 12.3. The van der Waals surface area contributed by atoms with Gasteiger partial charge in [-0.2, -0.15) is 0 Å². The number of aryl methyl sites for hydroxylation is 2. The van der Waals surface area contributed by atoms with Gasteiger partial charge in [-0.15, -0.1) is 0 Å². The highest BCUT2D eigenvalue weighted by Gasteiger charge is 2.16. The molecule has 1 N–H and O–H groups in total. The second kappa shape index (κ2) is 7.67. The second-order valence-corrected chi connectivity index (χ2v) is 6.61. The van der Waals surface area contributed by atoms with Gasteiger partial charge in [-0.3, -0.25) is 4.79 Å². The third-order valence-corrected chi connectivity index (χ3v) is 4.53. The number of benzene rings is 1. The fourth-order valence-corrected chi connectivity index (χ4v) is 3.15. The molecule has 1 aliphatic rings. The van der Waals surface area contributed by atoms with Gasteiger partial charge in [0.2, 0.25) is 0 Å². The van der Waals surface area contributed by atoms with Gasteiger partial charge in [0.05, 0.1) is 6.10 Å². The summed E-state index contributed by atoms with van der Waals surface area (Å²) >= 11 is 0. The average molecular weight is 327 g/mol. The summed E-state index contributed by atoms with van der Waals surface area (Å²) in [6.07, 6.45) is 6.38. The van der Waals surface area contributed by atoms with Gasteiger partial charge in [-0.05, 0) is 50.5 Å². The van der Waals surface area contributed by atoms with E-state index < -0.39 is 0 Å². The summed E-state index contributed by atoms with van der Waals surface area (Å²) in [5, 5.41) is 2.90. The predicted molar refractivity (Wildman–Crippen MR) is 94.2 cm³/mol. The summed E-state index contributed by atoms with van der Waals surface area (Å²) in [5.74, 6) is 0.787. The largest absolute Gasteiger partial charge is 0.453 e. The van der Waals surface area contributed by atoms with Crippen LogP contribution < -0.4 is 5.32 Å². The zero-order chi connectivity index (χ0) is 16.9. The Morgan fingerprint density at radius 3 is 2.71 bits per heavy atom. The first-order chi connectivity index (χ1) is 11.6. The lowest BCUT2D eigenvalue weighted by atomic mass is 9.98. The second-order valence-electron chi connectivity index (χ2n) is 6.61. The van der Waals surface area contributed by atoms with Gasteiger partial charge in [-0.1, -0.05) is 37.0 Å². The molecule has 0 bridgehead atoms. The van der Waals surface area contributed by atoms with Crippen molar-refractivity contribution in [3.8, 4) is 0 Å². The first-order valence-corrected chi connectivity index (χ1v) is 8.71. The van der Waals surface area contributed by atoms with Crippen LogP contribution in [0.5, 0.6) is 0 Å². The Balaban J connectivity index is 1.56. The number of anilines is 1. The summed E-state index contributed by atoms with van der Waals surface area (Å²) < 4.78 is 11.5. The van der Waals surface area contributed by atoms with Crippen molar-refractivity contribution >= 4 is 11.6 Å². The van der Waals surface area contributed by atoms with Gasteiger partial charge in [0, 0.05) is 5.69 Å². The smallest absolute Gasteiger partial charge is 0.291 e. The lowest BCUT2D eigenvalue weighted by molar-refractivity contribution is 0.00849. The monoisotopic (exact) mass is 327 g/mol. The van der Waals surface area contributed by atoms with Gasteiger partial charge in [0.1, 0.15) is 12.4 Å². The molecule has 1 heterocycles. The highest BCUT2D eigenvalue weighted by atomic mass is 16.5. The van der Waals surface area contributed by atoms with E-state index in [1.54, 1.807) is 6.07 Å². The first kappa shape index (κ1) is 16.8. The molecule has 3 rings (SSSR count). The Bertz CT molecular complexity index is 699. The van der Waals surface area contributed by atoms with Crippen LogP contribution in [-0.4, -0.2) is 12.0 Å². The lowest BCUT2D eigenvalue weighted by Crippen LogP contribution is -2.16. The van der Waals surface area contributed by atoms with E-state index in [1.165, 1.54) is 24.8 Å². The fourth-order valence-electron chi connectivity index (χ4n) is 3.15. The molecule has 0 saturated heterocycles. The average Bonchev–Trinajstić information content (AvgIpc) is 3.05. The number of rotatable bonds is 5. The molecule has 0 spiro atoms. The Morgan fingerprint density at radius 2 is 1.96 bits per heavy atom. The quantitative estimate of drug-likeness (QED) is 0.841. The molecule has 0 aliphatic heterocycles. The van der Waals surface area contributed by atoms with Gasteiger partial charge in [0.25, 0.3) is 5.91 Å². The molecular formula is C20H25NO3. The number of carbonyl (C=O) groups is 1. The van der Waals surface area contributed by atoms with E-state index in [9.17, 15) is 4.79 Å². The van der Waals surface area contributed by atoms with Gasteiger partial charge < -0.3 is 14.5 Å². The van der Waals surface area contributed by atoms with Crippen molar-refractivity contribution in [3.63, 3.8) is 0 Å². The number of hydrogen-bond donors (Lipinski definition) is 1. The van der Waals surface area contributed by atoms with Crippen molar-refractivity contribution in [1.29, 1.82) is 0 Å². The number of carbonyl (C=O) groups excluding carboxylic acids is 1. The van der Waals surface area contributed by atoms with Crippen LogP contribution in [0.25, 0.3) is 0 Å². The van der Waals surface area contributed by atoms with E-state index in [0.29, 0.717) is 24.2 Å². The first-order valence-electron chi connectivity index (χ1n) is 8.71. The van der Waals surface area contributed by atoms with Crippen LogP contribution in [-0.2, 0) is 11.3 Å². The summed E-state index contributed by atoms with van der Waals surface area (Å²) in [6, 6.07) is 9.46. The Kier molecular flexibility index (Phi) is 5.36. The molecule has 1 aliphatic carbocycles. The Labute approximate surface area is 143 Å². The highest BCUT2D eigenvalue weighted by Crippen LogP contribution is 2.22. The molecule has 1 aromatic heterocycles. The SMILES string of the molecule is Cc1ccc(NC(=O)c2ccc(COC3CCCCC3)o2)c(C)c1. The number of ether oxygens (including phenoxy) is 1. The number of furan rings is 1. The van der Waals surface area contributed by atoms with E-state index in [1.807, 2.05) is 38.1 Å². The van der Waals surface area contributed by atoms with Crippen LogP contribution in [0.4, 0.5) is 5.69 Å². The lowest BCUT2D eigenvalue weighted by Gasteiger charge is -2.21. The minimum absolute atomic E-state index is 0.231. The molecule has 0 radical (unpaired) electrons. The van der Waals surface area contributed by atoms with E-state index in [2.05, 4.69) is 5.32 Å². The van der Waals surface area contributed by atoms with Crippen LogP contribution in [0.15, 0.2) is 34.7 Å². The standard InChI is InChI=1S/C20H25NO3/c1-14-8-10-18(15(2)12-14)21-20(22)19-11-9-17(24-19)13-23-16-6-4-3-5-7-16/h8-12,16H,3-7,13H2,1-2H3,(H,21,22). The molecule has 1 aromatic carbocycles. The van der Waals surface area contributed by atoms with Crippen molar-refractivity contribution in [3.05, 3.63) is 53.0 Å². The molecule has 0 unspecified atom stereocenters. The van der Waals surface area contributed by atoms with Gasteiger partial charge >= 0.3 is 0 Å². The van der Waals surface area contributed by atoms with Crippen LogP contribution in [0, 0.1) is 13.8 Å². The summed E-state index contributed by atoms with van der Waals surface area (Å²) in [5.41, 5.74) is 3.02. The van der Waals surface area contributed by atoms with Crippen LogP contribution in [0.2, 0.25) is 0 Å².